The van der Waals surface area contributed by atoms with Crippen LogP contribution in [0.2, 0.25) is 0 Å². The van der Waals surface area contributed by atoms with E-state index in [1.165, 1.54) is 23.1 Å². The van der Waals surface area contributed by atoms with Crippen LogP contribution in [0, 0.1) is 5.92 Å². The average Bonchev–Trinajstić information content (AvgIpc) is 3.07. The molecular formula is C16H17F3N2O3. The smallest absolute Gasteiger partial charge is 0.381 e. The summed E-state index contributed by atoms with van der Waals surface area (Å²) in [6, 6.07) is 3.62. The maximum Gasteiger partial charge on any atom is 0.416 e. The minimum absolute atomic E-state index is 0.179. The number of rotatable bonds is 2. The molecular weight excluding hydrogens is 325 g/mol. The van der Waals surface area contributed by atoms with Gasteiger partial charge in [0, 0.05) is 19.7 Å². The second kappa shape index (κ2) is 6.43. The van der Waals surface area contributed by atoms with Gasteiger partial charge in [-0.15, -0.1) is 0 Å². The highest BCUT2D eigenvalue weighted by atomic mass is 19.4. The quantitative estimate of drug-likeness (QED) is 0.891. The first-order valence-electron chi connectivity index (χ1n) is 7.71. The fourth-order valence-electron chi connectivity index (χ4n) is 3.17. The van der Waals surface area contributed by atoms with Crippen LogP contribution in [0.15, 0.2) is 24.3 Å². The number of alkyl halides is 3. The van der Waals surface area contributed by atoms with Crippen LogP contribution in [-0.4, -0.2) is 43.0 Å². The number of carbonyl (C=O) groups is 2. The number of amides is 2. The predicted molar refractivity (Wildman–Crippen MR) is 77.8 cm³/mol. The van der Waals surface area contributed by atoms with Crippen LogP contribution in [0.5, 0.6) is 0 Å². The average molecular weight is 342 g/mol. The molecule has 2 unspecified atom stereocenters. The first-order valence-corrected chi connectivity index (χ1v) is 7.71. The summed E-state index contributed by atoms with van der Waals surface area (Å²) in [7, 11) is 0. The summed E-state index contributed by atoms with van der Waals surface area (Å²) in [5.41, 5.74) is -1.10. The molecule has 130 valence electrons. The molecule has 5 nitrogen and oxygen atoms in total. The fourth-order valence-corrected chi connectivity index (χ4v) is 3.17. The van der Waals surface area contributed by atoms with Crippen molar-refractivity contribution in [3.05, 3.63) is 35.4 Å². The Morgan fingerprint density at radius 1 is 1.29 bits per heavy atom. The largest absolute Gasteiger partial charge is 0.416 e. The van der Waals surface area contributed by atoms with Crippen molar-refractivity contribution in [2.45, 2.75) is 18.6 Å². The summed E-state index contributed by atoms with van der Waals surface area (Å²) in [6.07, 6.45) is -4.08. The van der Waals surface area contributed by atoms with Crippen LogP contribution < -0.4 is 5.32 Å². The number of halogens is 3. The van der Waals surface area contributed by atoms with Gasteiger partial charge in [-0.1, -0.05) is 18.2 Å². The summed E-state index contributed by atoms with van der Waals surface area (Å²) < 4.78 is 45.1. The summed E-state index contributed by atoms with van der Waals surface area (Å²) in [6.45, 7) is 1.09. The van der Waals surface area contributed by atoms with Crippen molar-refractivity contribution >= 4 is 11.8 Å². The first kappa shape index (κ1) is 16.8. The van der Waals surface area contributed by atoms with Crippen molar-refractivity contribution in [3.63, 3.8) is 0 Å². The Bertz CT molecular complexity index is 642. The van der Waals surface area contributed by atoms with Crippen LogP contribution in [0.3, 0.4) is 0 Å². The fraction of sp³-hybridized carbons (Fsp3) is 0.500. The molecule has 2 atom stereocenters. The van der Waals surface area contributed by atoms with Gasteiger partial charge in [-0.2, -0.15) is 13.2 Å². The monoisotopic (exact) mass is 342 g/mol. The minimum Gasteiger partial charge on any atom is -0.381 e. The topological polar surface area (TPSA) is 58.6 Å². The molecule has 0 saturated carbocycles. The first-order chi connectivity index (χ1) is 11.4. The lowest BCUT2D eigenvalue weighted by molar-refractivity contribution is -0.149. The molecule has 2 saturated heterocycles. The lowest BCUT2D eigenvalue weighted by Gasteiger charge is -2.37. The molecule has 0 aromatic heterocycles. The molecule has 24 heavy (non-hydrogen) atoms. The molecule has 2 heterocycles. The SMILES string of the molecule is O=C1NCCN(C(=O)C2CCOC2)C1c1ccccc1C(F)(F)F. The van der Waals surface area contributed by atoms with Crippen molar-refractivity contribution < 1.29 is 27.5 Å². The van der Waals surface area contributed by atoms with Gasteiger partial charge in [0.15, 0.2) is 0 Å². The maximum atomic E-state index is 13.3. The van der Waals surface area contributed by atoms with Crippen molar-refractivity contribution in [3.8, 4) is 0 Å². The van der Waals surface area contributed by atoms with E-state index in [2.05, 4.69) is 5.32 Å². The van der Waals surface area contributed by atoms with Crippen molar-refractivity contribution in [1.29, 1.82) is 0 Å². The van der Waals surface area contributed by atoms with E-state index in [9.17, 15) is 22.8 Å². The molecule has 1 N–H and O–H groups in total. The normalized spacial score (nSPS) is 24.8. The van der Waals surface area contributed by atoms with Gasteiger partial charge in [0.25, 0.3) is 0 Å². The van der Waals surface area contributed by atoms with E-state index in [1.54, 1.807) is 0 Å². The highest BCUT2D eigenvalue weighted by Crippen LogP contribution is 2.37. The van der Waals surface area contributed by atoms with E-state index in [0.717, 1.165) is 6.07 Å². The Hall–Kier alpha value is -2.09. The second-order valence-corrected chi connectivity index (χ2v) is 5.87. The standard InChI is InChI=1S/C16H17F3N2O3/c17-16(18,19)12-4-2-1-3-11(12)13-14(22)20-6-7-21(13)15(23)10-5-8-24-9-10/h1-4,10,13H,5-9H2,(H,20,22). The molecule has 2 fully saturated rings. The summed E-state index contributed by atoms with van der Waals surface area (Å²) >= 11 is 0. The minimum atomic E-state index is -4.60. The number of piperazine rings is 1. The lowest BCUT2D eigenvalue weighted by atomic mass is 9.95. The van der Waals surface area contributed by atoms with E-state index in [-0.39, 0.29) is 31.2 Å². The highest BCUT2D eigenvalue weighted by Gasteiger charge is 2.43. The summed E-state index contributed by atoms with van der Waals surface area (Å²) in [5.74, 6) is -1.33. The molecule has 3 rings (SSSR count). The summed E-state index contributed by atoms with van der Waals surface area (Å²) in [4.78, 5) is 26.2. The molecule has 0 bridgehead atoms. The van der Waals surface area contributed by atoms with Crippen molar-refractivity contribution in [2.24, 2.45) is 5.92 Å². The Labute approximate surface area is 136 Å². The van der Waals surface area contributed by atoms with Crippen molar-refractivity contribution in [2.75, 3.05) is 26.3 Å². The number of ether oxygens (including phenoxy) is 1. The summed E-state index contributed by atoms with van der Waals surface area (Å²) in [5, 5.41) is 2.55. The Kier molecular flexibility index (Phi) is 4.49. The van der Waals surface area contributed by atoms with Crippen LogP contribution in [-0.2, 0) is 20.5 Å². The van der Waals surface area contributed by atoms with Gasteiger partial charge >= 0.3 is 6.18 Å². The van der Waals surface area contributed by atoms with Gasteiger partial charge in [0.05, 0.1) is 18.1 Å². The van der Waals surface area contributed by atoms with Crippen molar-refractivity contribution in [1.82, 2.24) is 10.2 Å². The number of hydrogen-bond acceptors (Lipinski definition) is 3. The molecule has 2 amide bonds. The van der Waals surface area contributed by atoms with E-state index in [1.807, 2.05) is 0 Å². The molecule has 0 aliphatic carbocycles. The Morgan fingerprint density at radius 3 is 2.71 bits per heavy atom. The molecule has 2 aliphatic heterocycles. The Morgan fingerprint density at radius 2 is 2.04 bits per heavy atom. The number of nitrogens with zero attached hydrogens (tertiary/aromatic N) is 1. The van der Waals surface area contributed by atoms with E-state index < -0.39 is 29.6 Å². The van der Waals surface area contributed by atoms with Gasteiger partial charge in [-0.3, -0.25) is 9.59 Å². The van der Waals surface area contributed by atoms with E-state index >= 15 is 0 Å². The lowest BCUT2D eigenvalue weighted by Crippen LogP contribution is -2.54. The van der Waals surface area contributed by atoms with E-state index in [0.29, 0.717) is 13.0 Å². The maximum absolute atomic E-state index is 13.3. The van der Waals surface area contributed by atoms with Crippen LogP contribution in [0.25, 0.3) is 0 Å². The molecule has 1 aromatic rings. The third-order valence-corrected chi connectivity index (χ3v) is 4.33. The predicted octanol–water partition coefficient (Wildman–Crippen LogP) is 1.74. The van der Waals surface area contributed by atoms with Crippen LogP contribution in [0.4, 0.5) is 13.2 Å². The highest BCUT2D eigenvalue weighted by molar-refractivity contribution is 5.91. The molecule has 1 aromatic carbocycles. The van der Waals surface area contributed by atoms with Gasteiger partial charge in [0.1, 0.15) is 6.04 Å². The Balaban J connectivity index is 1.99. The third-order valence-electron chi connectivity index (χ3n) is 4.33. The second-order valence-electron chi connectivity index (χ2n) is 5.87. The molecule has 0 radical (unpaired) electrons. The molecule has 8 heteroatoms. The molecule has 2 aliphatic rings. The third kappa shape index (κ3) is 3.10. The van der Waals surface area contributed by atoms with Crippen LogP contribution >= 0.6 is 0 Å². The van der Waals surface area contributed by atoms with Crippen LogP contribution in [0.1, 0.15) is 23.6 Å². The zero-order valence-electron chi connectivity index (χ0n) is 12.8. The van der Waals surface area contributed by atoms with Gasteiger partial charge in [0.2, 0.25) is 11.8 Å². The molecule has 0 spiro atoms. The number of hydrogen-bond donors (Lipinski definition) is 1. The zero-order chi connectivity index (χ0) is 17.3. The van der Waals surface area contributed by atoms with Gasteiger partial charge < -0.3 is 15.0 Å². The van der Waals surface area contributed by atoms with Gasteiger partial charge in [-0.25, -0.2) is 0 Å². The number of nitrogens with one attached hydrogen (secondary N) is 1. The zero-order valence-corrected chi connectivity index (χ0v) is 12.8. The number of benzene rings is 1. The van der Waals surface area contributed by atoms with Gasteiger partial charge in [-0.05, 0) is 18.1 Å². The number of carbonyl (C=O) groups excluding carboxylic acids is 2. The van der Waals surface area contributed by atoms with E-state index in [4.69, 9.17) is 4.74 Å².